The number of hydrogen-bond acceptors (Lipinski definition) is 7. The number of nitrogens with one attached hydrogen (secondary N) is 1. The van der Waals surface area contributed by atoms with Crippen LogP contribution in [-0.2, 0) is 6.54 Å². The maximum atomic E-state index is 13.0. The summed E-state index contributed by atoms with van der Waals surface area (Å²) < 4.78 is 2.23. The number of thiophene rings is 2. The Labute approximate surface area is 202 Å². The molecule has 0 amide bonds. The molecule has 33 heavy (non-hydrogen) atoms. The molecule has 1 aliphatic carbocycles. The fraction of sp³-hybridized carbons (Fsp3) is 0.250. The Morgan fingerprint density at radius 1 is 1.15 bits per heavy atom. The van der Waals surface area contributed by atoms with Crippen molar-refractivity contribution < 1.29 is 0 Å². The van der Waals surface area contributed by atoms with Crippen LogP contribution in [0.25, 0.3) is 20.7 Å². The molecule has 0 aliphatic heterocycles. The number of aromatic nitrogens is 5. The Kier molecular flexibility index (Phi) is 5.40. The van der Waals surface area contributed by atoms with Crippen LogP contribution < -0.4 is 5.56 Å². The van der Waals surface area contributed by atoms with E-state index in [0.717, 1.165) is 32.8 Å². The number of nitrogens with zero attached hydrogens (tertiary/aromatic N) is 4. The molecule has 6 rings (SSSR count). The minimum Gasteiger partial charge on any atom is -0.309 e. The Morgan fingerprint density at radius 2 is 2.00 bits per heavy atom. The summed E-state index contributed by atoms with van der Waals surface area (Å²) in [7, 11) is 0. The SMILES string of the molecule is CC(Sc1nnc(C2CC2)n1Cc1ccccc1)c1nc2scc(-c3cccs3)c2c(=O)[nH]1. The fourth-order valence-corrected chi connectivity index (χ4v) is 6.61. The van der Waals surface area contributed by atoms with E-state index in [-0.39, 0.29) is 10.8 Å². The normalized spacial score (nSPS) is 14.7. The van der Waals surface area contributed by atoms with Crippen LogP contribution in [0.5, 0.6) is 0 Å². The first-order chi connectivity index (χ1) is 16.2. The molecule has 1 aromatic carbocycles. The van der Waals surface area contributed by atoms with Crippen LogP contribution in [0.4, 0.5) is 0 Å². The summed E-state index contributed by atoms with van der Waals surface area (Å²) in [5.41, 5.74) is 2.10. The summed E-state index contributed by atoms with van der Waals surface area (Å²) >= 11 is 4.74. The summed E-state index contributed by atoms with van der Waals surface area (Å²) in [6, 6.07) is 14.4. The van der Waals surface area contributed by atoms with Crippen molar-refractivity contribution in [3.63, 3.8) is 0 Å². The van der Waals surface area contributed by atoms with Gasteiger partial charge >= 0.3 is 0 Å². The molecule has 1 aliphatic rings. The van der Waals surface area contributed by atoms with Gasteiger partial charge in [-0.15, -0.1) is 32.9 Å². The zero-order valence-corrected chi connectivity index (χ0v) is 20.3. The van der Waals surface area contributed by atoms with Crippen LogP contribution in [-0.4, -0.2) is 24.7 Å². The van der Waals surface area contributed by atoms with E-state index in [9.17, 15) is 4.79 Å². The van der Waals surface area contributed by atoms with E-state index < -0.39 is 0 Å². The quantitative estimate of drug-likeness (QED) is 0.279. The molecule has 1 unspecified atom stereocenters. The van der Waals surface area contributed by atoms with Crippen LogP contribution in [0.1, 0.15) is 48.1 Å². The van der Waals surface area contributed by atoms with Gasteiger partial charge in [-0.1, -0.05) is 48.2 Å². The number of hydrogen-bond donors (Lipinski definition) is 1. The van der Waals surface area contributed by atoms with E-state index in [4.69, 9.17) is 4.98 Å². The molecular formula is C24H21N5OS3. The third-order valence-electron chi connectivity index (χ3n) is 5.79. The second-order valence-corrected chi connectivity index (χ2v) is 11.3. The predicted octanol–water partition coefficient (Wildman–Crippen LogP) is 6.08. The van der Waals surface area contributed by atoms with Gasteiger partial charge in [-0.3, -0.25) is 4.79 Å². The predicted molar refractivity (Wildman–Crippen MR) is 135 cm³/mol. The van der Waals surface area contributed by atoms with Crippen LogP contribution in [0.2, 0.25) is 0 Å². The molecule has 6 nitrogen and oxygen atoms in total. The molecule has 4 heterocycles. The highest BCUT2D eigenvalue weighted by Crippen LogP contribution is 2.42. The van der Waals surface area contributed by atoms with E-state index >= 15 is 0 Å². The van der Waals surface area contributed by atoms with Gasteiger partial charge < -0.3 is 9.55 Å². The van der Waals surface area contributed by atoms with Crippen LogP contribution in [0, 0.1) is 0 Å². The van der Waals surface area contributed by atoms with Gasteiger partial charge in [-0.2, -0.15) is 0 Å². The number of thioether (sulfide) groups is 1. The van der Waals surface area contributed by atoms with Crippen molar-refractivity contribution in [2.75, 3.05) is 0 Å². The molecular weight excluding hydrogens is 470 g/mol. The molecule has 9 heteroatoms. The highest BCUT2D eigenvalue weighted by Gasteiger charge is 2.31. The third-order valence-corrected chi connectivity index (χ3v) is 8.65. The number of fused-ring (bicyclic) bond motifs is 1. The minimum absolute atomic E-state index is 0.0693. The fourth-order valence-electron chi connectivity index (χ4n) is 3.93. The molecule has 1 atom stereocenters. The zero-order valence-electron chi connectivity index (χ0n) is 17.9. The maximum Gasteiger partial charge on any atom is 0.260 e. The Hall–Kier alpha value is -2.75. The van der Waals surface area contributed by atoms with Gasteiger partial charge in [0.2, 0.25) is 0 Å². The average molecular weight is 492 g/mol. The lowest BCUT2D eigenvalue weighted by Gasteiger charge is -2.13. The van der Waals surface area contributed by atoms with Crippen molar-refractivity contribution in [1.82, 2.24) is 24.7 Å². The molecule has 166 valence electrons. The molecule has 1 saturated carbocycles. The minimum atomic E-state index is -0.0866. The standard InChI is InChI=1S/C24H21N5OS3/c1-14(20-25-22(30)19-17(13-32-23(19)26-20)18-8-5-11-31-18)33-24-28-27-21(16-9-10-16)29(24)12-15-6-3-2-4-7-15/h2-8,11,13-14,16H,9-10,12H2,1H3,(H,25,26,30). The first-order valence-electron chi connectivity index (χ1n) is 10.9. The lowest BCUT2D eigenvalue weighted by Crippen LogP contribution is -2.13. The van der Waals surface area contributed by atoms with Crippen LogP contribution in [0.3, 0.4) is 0 Å². The van der Waals surface area contributed by atoms with Crippen molar-refractivity contribution in [3.8, 4) is 10.4 Å². The van der Waals surface area contributed by atoms with Crippen molar-refractivity contribution in [3.05, 3.63) is 80.8 Å². The Bertz CT molecular complexity index is 1470. The molecule has 0 bridgehead atoms. The lowest BCUT2D eigenvalue weighted by molar-refractivity contribution is 0.666. The maximum absolute atomic E-state index is 13.0. The van der Waals surface area contributed by atoms with Gasteiger partial charge in [-0.25, -0.2) is 4.98 Å². The Balaban J connectivity index is 1.31. The molecule has 5 aromatic rings. The molecule has 0 saturated heterocycles. The summed E-state index contributed by atoms with van der Waals surface area (Å²) in [6.07, 6.45) is 2.34. The van der Waals surface area contributed by atoms with E-state index in [1.807, 2.05) is 29.0 Å². The molecule has 0 spiro atoms. The van der Waals surface area contributed by atoms with Crippen molar-refractivity contribution in [1.29, 1.82) is 0 Å². The summed E-state index contributed by atoms with van der Waals surface area (Å²) in [5, 5.41) is 14.6. The van der Waals surface area contributed by atoms with Gasteiger partial charge in [0, 0.05) is 21.7 Å². The van der Waals surface area contributed by atoms with Crippen molar-refractivity contribution in [2.45, 2.75) is 42.6 Å². The molecule has 4 aromatic heterocycles. The monoisotopic (exact) mass is 491 g/mol. The second-order valence-electron chi connectivity index (χ2n) is 8.20. The van der Waals surface area contributed by atoms with E-state index in [1.54, 1.807) is 23.1 Å². The van der Waals surface area contributed by atoms with Crippen LogP contribution in [0.15, 0.2) is 63.2 Å². The summed E-state index contributed by atoms with van der Waals surface area (Å²) in [4.78, 5) is 22.7. The number of H-pyrrole nitrogens is 1. The van der Waals surface area contributed by atoms with Crippen molar-refractivity contribution in [2.24, 2.45) is 0 Å². The van der Waals surface area contributed by atoms with Crippen molar-refractivity contribution >= 4 is 44.7 Å². The third kappa shape index (κ3) is 4.05. The number of aromatic amines is 1. The first kappa shape index (κ1) is 20.8. The van der Waals surface area contributed by atoms with Gasteiger partial charge in [0.25, 0.3) is 5.56 Å². The van der Waals surface area contributed by atoms with Gasteiger partial charge in [-0.05, 0) is 36.8 Å². The van der Waals surface area contributed by atoms with E-state index in [2.05, 4.69) is 50.9 Å². The number of rotatable bonds is 7. The zero-order chi connectivity index (χ0) is 22.4. The van der Waals surface area contributed by atoms with Crippen LogP contribution >= 0.6 is 34.4 Å². The largest absolute Gasteiger partial charge is 0.309 e. The second kappa shape index (κ2) is 8.55. The highest BCUT2D eigenvalue weighted by atomic mass is 32.2. The van der Waals surface area contributed by atoms with Gasteiger partial charge in [0.05, 0.1) is 17.2 Å². The summed E-state index contributed by atoms with van der Waals surface area (Å²) in [5.74, 6) is 2.23. The molecule has 1 fully saturated rings. The summed E-state index contributed by atoms with van der Waals surface area (Å²) in [6.45, 7) is 2.80. The smallest absolute Gasteiger partial charge is 0.260 e. The molecule has 1 N–H and O–H groups in total. The topological polar surface area (TPSA) is 76.5 Å². The number of benzene rings is 1. The van der Waals surface area contributed by atoms with Gasteiger partial charge in [0.15, 0.2) is 5.16 Å². The first-order valence-corrected chi connectivity index (χ1v) is 13.5. The van der Waals surface area contributed by atoms with E-state index in [1.165, 1.54) is 29.7 Å². The van der Waals surface area contributed by atoms with E-state index in [0.29, 0.717) is 17.1 Å². The molecule has 0 radical (unpaired) electrons. The average Bonchev–Trinajstić information content (AvgIpc) is 3.20. The Morgan fingerprint density at radius 3 is 2.76 bits per heavy atom. The lowest BCUT2D eigenvalue weighted by atomic mass is 10.2. The highest BCUT2D eigenvalue weighted by molar-refractivity contribution is 7.99. The van der Waals surface area contributed by atoms with Gasteiger partial charge in [0.1, 0.15) is 16.5 Å².